The van der Waals surface area contributed by atoms with Gasteiger partial charge in [0.2, 0.25) is 0 Å². The van der Waals surface area contributed by atoms with Crippen LogP contribution in [0.1, 0.15) is 23.3 Å². The normalized spacial score (nSPS) is 15.7. The lowest BCUT2D eigenvalue weighted by Crippen LogP contribution is -2.40. The molecule has 1 amide bonds. The van der Waals surface area contributed by atoms with Crippen molar-refractivity contribution in [1.82, 2.24) is 15.2 Å². The van der Waals surface area contributed by atoms with Crippen molar-refractivity contribution in [3.05, 3.63) is 39.3 Å². The molecule has 2 heterocycles. The third-order valence-electron chi connectivity index (χ3n) is 4.28. The van der Waals surface area contributed by atoms with Crippen LogP contribution in [0.15, 0.2) is 23.6 Å². The number of halogens is 2. The molecule has 0 bridgehead atoms. The standard InChI is InChI=1S/C17H19Cl2N3OS/c1-20-9-11-4-6-22(7-5-11)17(23)15-10-24-16(21-15)12-2-3-13(18)14(19)8-12/h2-3,8,10-11,20H,4-7,9H2,1H3. The number of likely N-dealkylation sites (tertiary alicyclic amines) is 1. The van der Waals surface area contributed by atoms with Gasteiger partial charge in [-0.15, -0.1) is 11.3 Å². The smallest absolute Gasteiger partial charge is 0.273 e. The molecule has 1 aliphatic rings. The third kappa shape index (κ3) is 3.91. The van der Waals surface area contributed by atoms with E-state index in [1.54, 1.807) is 12.1 Å². The lowest BCUT2D eigenvalue weighted by molar-refractivity contribution is 0.0686. The van der Waals surface area contributed by atoms with Crippen molar-refractivity contribution >= 4 is 40.4 Å². The molecule has 0 spiro atoms. The summed E-state index contributed by atoms with van der Waals surface area (Å²) in [5, 5.41) is 6.81. The molecule has 0 aliphatic carbocycles. The number of aromatic nitrogens is 1. The SMILES string of the molecule is CNCC1CCN(C(=O)c2csc(-c3ccc(Cl)c(Cl)c3)n2)CC1. The maximum atomic E-state index is 12.6. The first-order valence-corrected chi connectivity index (χ1v) is 9.57. The van der Waals surface area contributed by atoms with Crippen LogP contribution in [0.3, 0.4) is 0 Å². The Morgan fingerprint density at radius 1 is 1.33 bits per heavy atom. The summed E-state index contributed by atoms with van der Waals surface area (Å²) in [6.07, 6.45) is 2.08. The van der Waals surface area contributed by atoms with Crippen LogP contribution in [0.2, 0.25) is 10.0 Å². The Morgan fingerprint density at radius 2 is 2.08 bits per heavy atom. The maximum absolute atomic E-state index is 12.6. The molecule has 24 heavy (non-hydrogen) atoms. The second-order valence-corrected chi connectivity index (χ2v) is 7.63. The average molecular weight is 384 g/mol. The molecule has 4 nitrogen and oxygen atoms in total. The molecular formula is C17H19Cl2N3OS. The fourth-order valence-electron chi connectivity index (χ4n) is 2.92. The third-order valence-corrected chi connectivity index (χ3v) is 5.91. The van der Waals surface area contributed by atoms with Crippen molar-refractivity contribution in [2.24, 2.45) is 5.92 Å². The molecule has 1 saturated heterocycles. The van der Waals surface area contributed by atoms with Gasteiger partial charge in [-0.1, -0.05) is 29.3 Å². The van der Waals surface area contributed by atoms with Gasteiger partial charge in [-0.2, -0.15) is 0 Å². The highest BCUT2D eigenvalue weighted by atomic mass is 35.5. The second-order valence-electron chi connectivity index (χ2n) is 5.96. The first kappa shape index (κ1) is 17.7. The van der Waals surface area contributed by atoms with E-state index in [-0.39, 0.29) is 5.91 Å². The number of nitrogens with zero attached hydrogens (tertiary/aromatic N) is 2. The Bertz CT molecular complexity index is 726. The molecule has 1 aromatic heterocycles. The van der Waals surface area contributed by atoms with Crippen LogP contribution in [-0.4, -0.2) is 42.5 Å². The molecule has 128 valence electrons. The zero-order chi connectivity index (χ0) is 17.1. The number of hydrogen-bond donors (Lipinski definition) is 1. The molecule has 1 N–H and O–H groups in total. The average Bonchev–Trinajstić information content (AvgIpc) is 3.08. The number of carbonyl (C=O) groups is 1. The van der Waals surface area contributed by atoms with E-state index in [2.05, 4.69) is 10.3 Å². The van der Waals surface area contributed by atoms with Crippen LogP contribution < -0.4 is 5.32 Å². The van der Waals surface area contributed by atoms with E-state index < -0.39 is 0 Å². The highest BCUT2D eigenvalue weighted by molar-refractivity contribution is 7.13. The largest absolute Gasteiger partial charge is 0.337 e. The van der Waals surface area contributed by atoms with Gasteiger partial charge in [-0.3, -0.25) is 4.79 Å². The van der Waals surface area contributed by atoms with Crippen LogP contribution in [-0.2, 0) is 0 Å². The van der Waals surface area contributed by atoms with Crippen molar-refractivity contribution in [3.8, 4) is 10.6 Å². The summed E-state index contributed by atoms with van der Waals surface area (Å²) < 4.78 is 0. The monoisotopic (exact) mass is 383 g/mol. The summed E-state index contributed by atoms with van der Waals surface area (Å²) in [4.78, 5) is 19.0. The zero-order valence-electron chi connectivity index (χ0n) is 13.4. The summed E-state index contributed by atoms with van der Waals surface area (Å²) in [5.74, 6) is 0.668. The van der Waals surface area contributed by atoms with Gasteiger partial charge in [-0.25, -0.2) is 4.98 Å². The summed E-state index contributed by atoms with van der Waals surface area (Å²) >= 11 is 13.5. The van der Waals surface area contributed by atoms with Crippen molar-refractivity contribution < 1.29 is 4.79 Å². The molecule has 2 aromatic rings. The van der Waals surface area contributed by atoms with Crippen LogP contribution in [0.25, 0.3) is 10.6 Å². The minimum Gasteiger partial charge on any atom is -0.337 e. The summed E-state index contributed by atoms with van der Waals surface area (Å²) in [6, 6.07) is 5.39. The van der Waals surface area contributed by atoms with Gasteiger partial charge < -0.3 is 10.2 Å². The number of hydrogen-bond acceptors (Lipinski definition) is 4. The molecule has 3 rings (SSSR count). The summed E-state index contributed by atoms with van der Waals surface area (Å²) in [7, 11) is 1.97. The topological polar surface area (TPSA) is 45.2 Å². The van der Waals surface area contributed by atoms with Gasteiger partial charge >= 0.3 is 0 Å². The Kier molecular flexibility index (Phi) is 5.76. The van der Waals surface area contributed by atoms with Gasteiger partial charge in [0.25, 0.3) is 5.91 Å². The number of piperidine rings is 1. The highest BCUT2D eigenvalue weighted by Gasteiger charge is 2.24. The van der Waals surface area contributed by atoms with Crippen LogP contribution in [0, 0.1) is 5.92 Å². The maximum Gasteiger partial charge on any atom is 0.273 e. The van der Waals surface area contributed by atoms with Gasteiger partial charge in [0, 0.05) is 24.0 Å². The van der Waals surface area contributed by atoms with Gasteiger partial charge in [0.05, 0.1) is 10.0 Å². The van der Waals surface area contributed by atoms with Crippen molar-refractivity contribution in [1.29, 1.82) is 0 Å². The molecule has 1 aliphatic heterocycles. The summed E-state index contributed by atoms with van der Waals surface area (Å²) in [6.45, 7) is 2.61. The van der Waals surface area contributed by atoms with Gasteiger partial charge in [-0.05, 0) is 44.5 Å². The van der Waals surface area contributed by atoms with Gasteiger partial charge in [0.1, 0.15) is 10.7 Å². The van der Waals surface area contributed by atoms with E-state index in [0.29, 0.717) is 21.7 Å². The van der Waals surface area contributed by atoms with E-state index in [0.717, 1.165) is 43.0 Å². The minimum atomic E-state index is 0.0143. The number of benzene rings is 1. The van der Waals surface area contributed by atoms with Crippen molar-refractivity contribution in [3.63, 3.8) is 0 Å². The lowest BCUT2D eigenvalue weighted by atomic mass is 9.97. The number of nitrogens with one attached hydrogen (secondary N) is 1. The van der Waals surface area contributed by atoms with E-state index >= 15 is 0 Å². The predicted octanol–water partition coefficient (Wildman–Crippen LogP) is 4.19. The fraction of sp³-hybridized carbons (Fsp3) is 0.412. The van der Waals surface area contributed by atoms with E-state index in [1.165, 1.54) is 11.3 Å². The Morgan fingerprint density at radius 3 is 2.75 bits per heavy atom. The molecule has 1 aromatic carbocycles. The Balaban J connectivity index is 1.69. The first-order chi connectivity index (χ1) is 11.6. The lowest BCUT2D eigenvalue weighted by Gasteiger charge is -2.31. The van der Waals surface area contributed by atoms with Crippen LogP contribution >= 0.6 is 34.5 Å². The van der Waals surface area contributed by atoms with E-state index in [1.807, 2.05) is 23.4 Å². The molecule has 0 unspecified atom stereocenters. The fourth-order valence-corrected chi connectivity index (χ4v) is 4.01. The Hall–Kier alpha value is -1.14. The zero-order valence-corrected chi connectivity index (χ0v) is 15.7. The predicted molar refractivity (Wildman–Crippen MR) is 100 cm³/mol. The van der Waals surface area contributed by atoms with Crippen LogP contribution in [0.5, 0.6) is 0 Å². The van der Waals surface area contributed by atoms with Crippen LogP contribution in [0.4, 0.5) is 0 Å². The molecule has 0 radical (unpaired) electrons. The Labute approximate surface area is 155 Å². The number of amides is 1. The summed E-state index contributed by atoms with van der Waals surface area (Å²) in [5.41, 5.74) is 1.38. The number of thiazole rings is 1. The second kappa shape index (κ2) is 7.83. The molecule has 0 atom stereocenters. The number of carbonyl (C=O) groups excluding carboxylic acids is 1. The quantitative estimate of drug-likeness (QED) is 0.860. The van der Waals surface area contributed by atoms with Crippen molar-refractivity contribution in [2.75, 3.05) is 26.7 Å². The molecule has 7 heteroatoms. The highest BCUT2D eigenvalue weighted by Crippen LogP contribution is 2.30. The first-order valence-electron chi connectivity index (χ1n) is 7.93. The molecular weight excluding hydrogens is 365 g/mol. The van der Waals surface area contributed by atoms with E-state index in [9.17, 15) is 4.79 Å². The number of rotatable bonds is 4. The molecule has 0 saturated carbocycles. The van der Waals surface area contributed by atoms with Gasteiger partial charge in [0.15, 0.2) is 0 Å². The molecule has 1 fully saturated rings. The van der Waals surface area contributed by atoms with Crippen molar-refractivity contribution in [2.45, 2.75) is 12.8 Å². The van der Waals surface area contributed by atoms with E-state index in [4.69, 9.17) is 23.2 Å². The minimum absolute atomic E-state index is 0.0143.